The maximum atomic E-state index is 12.1. The van der Waals surface area contributed by atoms with E-state index in [0.717, 1.165) is 17.4 Å². The van der Waals surface area contributed by atoms with Crippen LogP contribution in [0.2, 0.25) is 0 Å². The standard InChI is InChI=1S/C20H17N3O6S/c1-30(25,26)15-6-2-14(3-7-15)11-19-22-23-20(29-19)21-18(24)9-5-13-4-8-16-17(10-13)28-12-27-16/h2-10H,11-12H2,1H3,(H,21,23,24)/b9-5+. The molecule has 3 aromatic rings. The number of fused-ring (bicyclic) bond motifs is 1. The number of nitrogens with one attached hydrogen (secondary N) is 1. The Hall–Kier alpha value is -3.66. The Morgan fingerprint density at radius 1 is 1.10 bits per heavy atom. The van der Waals surface area contributed by atoms with Gasteiger partial charge in [0.2, 0.25) is 12.7 Å². The summed E-state index contributed by atoms with van der Waals surface area (Å²) < 4.78 is 39.0. The van der Waals surface area contributed by atoms with Crippen LogP contribution in [-0.4, -0.2) is 37.6 Å². The molecule has 0 saturated carbocycles. The van der Waals surface area contributed by atoms with Gasteiger partial charge in [0.25, 0.3) is 5.91 Å². The number of anilines is 1. The summed E-state index contributed by atoms with van der Waals surface area (Å²) in [5.74, 6) is 1.15. The molecule has 0 bridgehead atoms. The van der Waals surface area contributed by atoms with E-state index in [1.165, 1.54) is 18.2 Å². The quantitative estimate of drug-likeness (QED) is 0.596. The summed E-state index contributed by atoms with van der Waals surface area (Å²) in [6.45, 7) is 0.185. The van der Waals surface area contributed by atoms with Gasteiger partial charge in [0, 0.05) is 12.3 Å². The van der Waals surface area contributed by atoms with Crippen molar-refractivity contribution in [3.63, 3.8) is 0 Å². The highest BCUT2D eigenvalue weighted by atomic mass is 32.2. The fourth-order valence-electron chi connectivity index (χ4n) is 2.74. The summed E-state index contributed by atoms with van der Waals surface area (Å²) in [7, 11) is -3.25. The number of hydrogen-bond donors (Lipinski definition) is 1. The number of sulfone groups is 1. The van der Waals surface area contributed by atoms with Gasteiger partial charge in [-0.25, -0.2) is 8.42 Å². The molecule has 154 valence electrons. The van der Waals surface area contributed by atoms with Crippen molar-refractivity contribution in [2.24, 2.45) is 0 Å². The Morgan fingerprint density at radius 2 is 1.87 bits per heavy atom. The van der Waals surface area contributed by atoms with Crippen LogP contribution in [0.5, 0.6) is 11.5 Å². The van der Waals surface area contributed by atoms with Gasteiger partial charge < -0.3 is 13.9 Å². The Labute approximate surface area is 172 Å². The molecular weight excluding hydrogens is 410 g/mol. The van der Waals surface area contributed by atoms with E-state index in [1.54, 1.807) is 36.4 Å². The molecule has 1 aromatic heterocycles. The highest BCUT2D eigenvalue weighted by molar-refractivity contribution is 7.90. The molecule has 30 heavy (non-hydrogen) atoms. The van der Waals surface area contributed by atoms with E-state index in [9.17, 15) is 13.2 Å². The number of carbonyl (C=O) groups excluding carboxylic acids is 1. The molecular formula is C20H17N3O6S. The molecule has 1 amide bonds. The second-order valence-corrected chi connectivity index (χ2v) is 8.54. The maximum Gasteiger partial charge on any atom is 0.322 e. The third-order valence-corrected chi connectivity index (χ3v) is 5.36. The number of nitrogens with zero attached hydrogens (tertiary/aromatic N) is 2. The first-order valence-electron chi connectivity index (χ1n) is 8.87. The molecule has 0 aliphatic carbocycles. The monoisotopic (exact) mass is 427 g/mol. The van der Waals surface area contributed by atoms with Crippen LogP contribution < -0.4 is 14.8 Å². The molecule has 10 heteroatoms. The molecule has 2 aromatic carbocycles. The minimum absolute atomic E-state index is 0.0295. The van der Waals surface area contributed by atoms with Gasteiger partial charge in [0.05, 0.1) is 11.3 Å². The van der Waals surface area contributed by atoms with E-state index < -0.39 is 15.7 Å². The Kier molecular flexibility index (Phi) is 5.23. The lowest BCUT2D eigenvalue weighted by molar-refractivity contribution is -0.112. The molecule has 9 nitrogen and oxygen atoms in total. The first-order chi connectivity index (χ1) is 14.4. The second kappa shape index (κ2) is 7.99. The first-order valence-corrected chi connectivity index (χ1v) is 10.8. The summed E-state index contributed by atoms with van der Waals surface area (Å²) in [4.78, 5) is 12.3. The number of ether oxygens (including phenoxy) is 2. The van der Waals surface area contributed by atoms with Gasteiger partial charge >= 0.3 is 6.01 Å². The molecule has 0 radical (unpaired) electrons. The average molecular weight is 427 g/mol. The van der Waals surface area contributed by atoms with Crippen molar-refractivity contribution in [1.29, 1.82) is 0 Å². The topological polar surface area (TPSA) is 121 Å². The van der Waals surface area contributed by atoms with E-state index in [4.69, 9.17) is 13.9 Å². The SMILES string of the molecule is CS(=O)(=O)c1ccc(Cc2nnc(NC(=O)/C=C/c3ccc4c(c3)OCO4)o2)cc1. The van der Waals surface area contributed by atoms with Gasteiger partial charge in [-0.1, -0.05) is 23.3 Å². The number of benzene rings is 2. The van der Waals surface area contributed by atoms with Gasteiger partial charge in [-0.05, 0) is 41.5 Å². The second-order valence-electron chi connectivity index (χ2n) is 6.53. The minimum Gasteiger partial charge on any atom is -0.454 e. The lowest BCUT2D eigenvalue weighted by Crippen LogP contribution is -2.07. The average Bonchev–Trinajstić information content (AvgIpc) is 3.35. The zero-order chi connectivity index (χ0) is 21.1. The summed E-state index contributed by atoms with van der Waals surface area (Å²) in [6.07, 6.45) is 4.42. The van der Waals surface area contributed by atoms with Crippen molar-refractivity contribution in [3.05, 3.63) is 65.6 Å². The van der Waals surface area contributed by atoms with Gasteiger partial charge in [-0.3, -0.25) is 10.1 Å². The van der Waals surface area contributed by atoms with Crippen LogP contribution in [0, 0.1) is 0 Å². The third kappa shape index (κ3) is 4.66. The summed E-state index contributed by atoms with van der Waals surface area (Å²) in [5.41, 5.74) is 1.57. The maximum absolute atomic E-state index is 12.1. The Balaban J connectivity index is 1.35. The molecule has 0 atom stereocenters. The Bertz CT molecular complexity index is 1220. The zero-order valence-electron chi connectivity index (χ0n) is 15.9. The normalized spacial score (nSPS) is 13.0. The van der Waals surface area contributed by atoms with Crippen LogP contribution in [0.4, 0.5) is 6.01 Å². The van der Waals surface area contributed by atoms with Gasteiger partial charge in [-0.15, -0.1) is 5.10 Å². The Morgan fingerprint density at radius 3 is 2.63 bits per heavy atom. The summed E-state index contributed by atoms with van der Waals surface area (Å²) in [5, 5.41) is 10.2. The van der Waals surface area contributed by atoms with Gasteiger partial charge in [0.1, 0.15) is 0 Å². The van der Waals surface area contributed by atoms with Crippen LogP contribution in [0.15, 0.2) is 57.9 Å². The zero-order valence-corrected chi connectivity index (χ0v) is 16.7. The molecule has 4 rings (SSSR count). The molecule has 0 spiro atoms. The molecule has 0 unspecified atom stereocenters. The van der Waals surface area contributed by atoms with Crippen molar-refractivity contribution in [1.82, 2.24) is 10.2 Å². The van der Waals surface area contributed by atoms with Crippen molar-refractivity contribution >= 4 is 27.8 Å². The largest absolute Gasteiger partial charge is 0.454 e. The molecule has 1 aliphatic heterocycles. The van der Waals surface area contributed by atoms with Gasteiger partial charge in [-0.2, -0.15) is 0 Å². The van der Waals surface area contributed by atoms with Crippen LogP contribution in [0.25, 0.3) is 6.08 Å². The van der Waals surface area contributed by atoms with Crippen molar-refractivity contribution in [3.8, 4) is 11.5 Å². The molecule has 1 aliphatic rings. The smallest absolute Gasteiger partial charge is 0.322 e. The van der Waals surface area contributed by atoms with Crippen LogP contribution in [0.1, 0.15) is 17.0 Å². The van der Waals surface area contributed by atoms with Gasteiger partial charge in [0.15, 0.2) is 21.3 Å². The molecule has 2 heterocycles. The fourth-order valence-corrected chi connectivity index (χ4v) is 3.37. The summed E-state index contributed by atoms with van der Waals surface area (Å²) >= 11 is 0. The highest BCUT2D eigenvalue weighted by Crippen LogP contribution is 2.32. The van der Waals surface area contributed by atoms with Crippen LogP contribution >= 0.6 is 0 Å². The van der Waals surface area contributed by atoms with Crippen molar-refractivity contribution in [2.75, 3.05) is 18.4 Å². The third-order valence-electron chi connectivity index (χ3n) is 4.23. The first kappa shape index (κ1) is 19.6. The predicted octanol–water partition coefficient (Wildman–Crippen LogP) is 2.44. The lowest BCUT2D eigenvalue weighted by atomic mass is 10.1. The number of aromatic nitrogens is 2. The van der Waals surface area contributed by atoms with E-state index >= 15 is 0 Å². The van der Waals surface area contributed by atoms with E-state index in [2.05, 4.69) is 15.5 Å². The van der Waals surface area contributed by atoms with Crippen molar-refractivity contribution < 1.29 is 27.1 Å². The number of hydrogen-bond acceptors (Lipinski definition) is 8. The summed E-state index contributed by atoms with van der Waals surface area (Å²) in [6, 6.07) is 11.7. The highest BCUT2D eigenvalue weighted by Gasteiger charge is 2.13. The predicted molar refractivity (Wildman–Crippen MR) is 107 cm³/mol. The van der Waals surface area contributed by atoms with Crippen LogP contribution in [0.3, 0.4) is 0 Å². The van der Waals surface area contributed by atoms with E-state index in [0.29, 0.717) is 17.9 Å². The number of amides is 1. The fraction of sp³-hybridized carbons (Fsp3) is 0.150. The molecule has 1 N–H and O–H groups in total. The molecule has 0 saturated heterocycles. The lowest BCUT2D eigenvalue weighted by Gasteiger charge is -2.00. The molecule has 0 fully saturated rings. The van der Waals surface area contributed by atoms with Crippen molar-refractivity contribution in [2.45, 2.75) is 11.3 Å². The number of rotatable bonds is 6. The minimum atomic E-state index is -3.25. The van der Waals surface area contributed by atoms with E-state index in [1.807, 2.05) is 0 Å². The van der Waals surface area contributed by atoms with Crippen LogP contribution in [-0.2, 0) is 21.1 Å². The van der Waals surface area contributed by atoms with E-state index in [-0.39, 0.29) is 23.6 Å². The number of carbonyl (C=O) groups is 1.